The topological polar surface area (TPSA) is 77.4 Å². The predicted molar refractivity (Wildman–Crippen MR) is 123 cm³/mol. The molecule has 0 heterocycles. The van der Waals surface area contributed by atoms with Crippen LogP contribution in [0.4, 0.5) is 0 Å². The molecule has 0 saturated heterocycles. The summed E-state index contributed by atoms with van der Waals surface area (Å²) in [5, 5.41) is 9.96. The summed E-state index contributed by atoms with van der Waals surface area (Å²) in [5.41, 5.74) is 0. The van der Waals surface area contributed by atoms with Crippen LogP contribution in [0.25, 0.3) is 0 Å². The van der Waals surface area contributed by atoms with Crippen molar-refractivity contribution in [2.45, 2.75) is 148 Å². The van der Waals surface area contributed by atoms with Crippen LogP contribution < -0.4 is 51.4 Å². The molecule has 1 N–H and O–H groups in total. The number of aliphatic hydroxyl groups excluding tert-OH is 1. The zero-order valence-corrected chi connectivity index (χ0v) is 24.2. The molecule has 0 amide bonds. The van der Waals surface area contributed by atoms with Gasteiger partial charge in [-0.05, 0) is 19.3 Å². The van der Waals surface area contributed by atoms with Gasteiger partial charge in [0.1, 0.15) is 0 Å². The van der Waals surface area contributed by atoms with Crippen LogP contribution in [0.1, 0.15) is 142 Å². The molecule has 0 aliphatic carbocycles. The number of unbranched alkanes of at least 4 members (excludes halogenated alkanes) is 17. The first kappa shape index (κ1) is 33.7. The molecular formula is C24H49KO4S. The average molecular weight is 473 g/mol. The van der Waals surface area contributed by atoms with Gasteiger partial charge in [0.25, 0.3) is 0 Å². The SMILES string of the molecule is CCCCCCC(O)CCCCCCCCCCCCCCCCCS(=O)(=O)[O-].[K+]. The minimum Gasteiger partial charge on any atom is -0.748 e. The molecule has 0 aromatic heterocycles. The van der Waals surface area contributed by atoms with Gasteiger partial charge in [-0.25, -0.2) is 8.42 Å². The quantitative estimate of drug-likeness (QED) is 0.138. The van der Waals surface area contributed by atoms with E-state index >= 15 is 0 Å². The van der Waals surface area contributed by atoms with E-state index in [0.717, 1.165) is 32.1 Å². The van der Waals surface area contributed by atoms with E-state index < -0.39 is 10.1 Å². The van der Waals surface area contributed by atoms with Crippen LogP contribution in [0.3, 0.4) is 0 Å². The first-order valence-electron chi connectivity index (χ1n) is 12.6. The third-order valence-corrected chi connectivity index (χ3v) is 6.61. The number of aliphatic hydroxyl groups is 1. The van der Waals surface area contributed by atoms with E-state index in [1.807, 2.05) is 0 Å². The third kappa shape index (κ3) is 29.5. The Morgan fingerprint density at radius 1 is 0.600 bits per heavy atom. The summed E-state index contributed by atoms with van der Waals surface area (Å²) in [7, 11) is -4.01. The van der Waals surface area contributed by atoms with Gasteiger partial charge < -0.3 is 9.66 Å². The first-order valence-corrected chi connectivity index (χ1v) is 14.1. The van der Waals surface area contributed by atoms with Gasteiger partial charge in [0.15, 0.2) is 0 Å². The molecule has 0 aromatic rings. The normalized spacial score (nSPS) is 12.6. The van der Waals surface area contributed by atoms with Crippen LogP contribution in [0, 0.1) is 0 Å². The van der Waals surface area contributed by atoms with E-state index in [0.29, 0.717) is 6.42 Å². The van der Waals surface area contributed by atoms with Crippen molar-refractivity contribution in [3.05, 3.63) is 0 Å². The molecule has 1 atom stereocenters. The van der Waals surface area contributed by atoms with Crippen LogP contribution in [0.2, 0.25) is 0 Å². The van der Waals surface area contributed by atoms with Crippen molar-refractivity contribution in [1.29, 1.82) is 0 Å². The second-order valence-corrected chi connectivity index (χ2v) is 10.4. The molecule has 0 aliphatic heterocycles. The van der Waals surface area contributed by atoms with Gasteiger partial charge >= 0.3 is 51.4 Å². The summed E-state index contributed by atoms with van der Waals surface area (Å²) < 4.78 is 31.5. The van der Waals surface area contributed by atoms with Gasteiger partial charge in [-0.1, -0.05) is 122 Å². The smallest absolute Gasteiger partial charge is 0.748 e. The van der Waals surface area contributed by atoms with Crippen molar-refractivity contribution in [3.8, 4) is 0 Å². The van der Waals surface area contributed by atoms with E-state index in [9.17, 15) is 18.1 Å². The second-order valence-electron chi connectivity index (χ2n) is 8.86. The van der Waals surface area contributed by atoms with Crippen LogP contribution in [0.5, 0.6) is 0 Å². The van der Waals surface area contributed by atoms with Crippen molar-refractivity contribution in [2.24, 2.45) is 0 Å². The third-order valence-electron chi connectivity index (χ3n) is 5.82. The summed E-state index contributed by atoms with van der Waals surface area (Å²) in [6.45, 7) is 2.22. The first-order chi connectivity index (χ1) is 14.0. The fourth-order valence-electron chi connectivity index (χ4n) is 3.91. The van der Waals surface area contributed by atoms with Gasteiger partial charge in [0.05, 0.1) is 16.2 Å². The Morgan fingerprint density at radius 2 is 0.900 bits per heavy atom. The molecule has 0 fully saturated rings. The monoisotopic (exact) mass is 472 g/mol. The number of rotatable bonds is 23. The molecule has 30 heavy (non-hydrogen) atoms. The van der Waals surface area contributed by atoms with Crippen molar-refractivity contribution in [2.75, 3.05) is 5.75 Å². The molecule has 176 valence electrons. The van der Waals surface area contributed by atoms with Crippen molar-refractivity contribution in [1.82, 2.24) is 0 Å². The van der Waals surface area contributed by atoms with E-state index in [2.05, 4.69) is 6.92 Å². The summed E-state index contributed by atoms with van der Waals surface area (Å²) >= 11 is 0. The second kappa shape index (κ2) is 25.1. The van der Waals surface area contributed by atoms with E-state index in [-0.39, 0.29) is 63.2 Å². The van der Waals surface area contributed by atoms with Gasteiger partial charge in [-0.3, -0.25) is 0 Å². The van der Waals surface area contributed by atoms with Gasteiger partial charge in [0.2, 0.25) is 0 Å². The maximum absolute atomic E-state index is 10.5. The molecule has 0 rings (SSSR count). The minimum absolute atomic E-state index is 0. The minimum atomic E-state index is -4.01. The molecule has 0 bridgehead atoms. The predicted octanol–water partition coefficient (Wildman–Crippen LogP) is 4.11. The van der Waals surface area contributed by atoms with Gasteiger partial charge in [0, 0.05) is 5.75 Å². The Bertz CT molecular complexity index is 429. The Labute approximate surface area is 230 Å². The van der Waals surface area contributed by atoms with Crippen molar-refractivity contribution >= 4 is 10.1 Å². The Hall–Kier alpha value is 1.51. The van der Waals surface area contributed by atoms with Crippen molar-refractivity contribution in [3.63, 3.8) is 0 Å². The molecule has 0 spiro atoms. The van der Waals surface area contributed by atoms with Crippen LogP contribution in [-0.4, -0.2) is 29.9 Å². The standard InChI is InChI=1S/C24H50O4S.K/c1-2-3-4-18-21-24(25)22-19-16-14-12-10-8-6-5-7-9-11-13-15-17-20-23-29(26,27)28;/h24-25H,2-23H2,1H3,(H,26,27,28);/q;+1/p-1. The fraction of sp³-hybridized carbons (Fsp3) is 1.00. The van der Waals surface area contributed by atoms with Gasteiger partial charge in [-0.15, -0.1) is 0 Å². The molecule has 6 heteroatoms. The zero-order valence-electron chi connectivity index (χ0n) is 20.2. The summed E-state index contributed by atoms with van der Waals surface area (Å²) in [6, 6.07) is 0. The Balaban J connectivity index is 0. The zero-order chi connectivity index (χ0) is 21.6. The largest absolute Gasteiger partial charge is 1.00 e. The Kier molecular flexibility index (Phi) is 28.2. The average Bonchev–Trinajstić information content (AvgIpc) is 2.66. The molecule has 0 saturated carbocycles. The van der Waals surface area contributed by atoms with Crippen molar-refractivity contribution < 1.29 is 69.5 Å². The maximum Gasteiger partial charge on any atom is 1.00 e. The maximum atomic E-state index is 10.5. The Morgan fingerprint density at radius 3 is 1.23 bits per heavy atom. The molecular weight excluding hydrogens is 423 g/mol. The molecule has 4 nitrogen and oxygen atoms in total. The molecule has 1 unspecified atom stereocenters. The van der Waals surface area contributed by atoms with E-state index in [1.165, 1.54) is 96.3 Å². The van der Waals surface area contributed by atoms with Crippen LogP contribution >= 0.6 is 0 Å². The number of hydrogen-bond acceptors (Lipinski definition) is 4. The summed E-state index contributed by atoms with van der Waals surface area (Å²) in [5.74, 6) is -0.200. The van der Waals surface area contributed by atoms with E-state index in [4.69, 9.17) is 0 Å². The summed E-state index contributed by atoms with van der Waals surface area (Å²) in [6.07, 6.45) is 24.8. The van der Waals surface area contributed by atoms with Gasteiger partial charge in [-0.2, -0.15) is 0 Å². The molecule has 0 aromatic carbocycles. The summed E-state index contributed by atoms with van der Waals surface area (Å²) in [4.78, 5) is 0. The van der Waals surface area contributed by atoms with E-state index in [1.54, 1.807) is 0 Å². The van der Waals surface area contributed by atoms with Crippen LogP contribution in [-0.2, 0) is 10.1 Å². The van der Waals surface area contributed by atoms with Crippen LogP contribution in [0.15, 0.2) is 0 Å². The molecule has 0 aliphatic rings. The number of hydrogen-bond donors (Lipinski definition) is 1. The molecule has 0 radical (unpaired) electrons. The fourth-order valence-corrected chi connectivity index (χ4v) is 4.47.